The number of nitrogens with two attached hydrogens (primary N) is 1. The predicted molar refractivity (Wildman–Crippen MR) is 280 cm³/mol. The van der Waals surface area contributed by atoms with Crippen molar-refractivity contribution in [1.29, 1.82) is 0 Å². The quantitative estimate of drug-likeness (QED) is 0.0393. The fourth-order valence-electron chi connectivity index (χ4n) is 8.01. The Kier molecular flexibility index (Phi) is 41.3. The van der Waals surface area contributed by atoms with Crippen LogP contribution in [0.5, 0.6) is 5.75 Å². The van der Waals surface area contributed by atoms with Crippen LogP contribution in [0.2, 0.25) is 0 Å². The molecule has 0 saturated carbocycles. The van der Waals surface area contributed by atoms with E-state index in [4.69, 9.17) is 29.8 Å². The van der Waals surface area contributed by atoms with E-state index in [0.29, 0.717) is 45.3 Å². The Labute approximate surface area is 439 Å². The van der Waals surface area contributed by atoms with Crippen molar-refractivity contribution in [2.75, 3.05) is 79.5 Å². The van der Waals surface area contributed by atoms with Crippen LogP contribution in [-0.4, -0.2) is 154 Å². The number of Topliss-reactive ketones (excluding diaryl/α,β-unsaturated/α-hetero) is 3. The first-order valence-electron chi connectivity index (χ1n) is 27.0. The average Bonchev–Trinajstić information content (AvgIpc) is 3.36. The topological polar surface area (TPSA) is 308 Å². The van der Waals surface area contributed by atoms with E-state index in [9.17, 15) is 48.6 Å². The molecular formula is C54H91N5O15. The van der Waals surface area contributed by atoms with Crippen LogP contribution in [0.15, 0.2) is 24.3 Å². The molecule has 0 aliphatic carbocycles. The molecule has 0 bridgehead atoms. The van der Waals surface area contributed by atoms with Gasteiger partial charge in [0.1, 0.15) is 24.7 Å². The van der Waals surface area contributed by atoms with Gasteiger partial charge in [0.2, 0.25) is 17.7 Å². The van der Waals surface area contributed by atoms with Crippen molar-refractivity contribution in [2.24, 2.45) is 11.7 Å². The van der Waals surface area contributed by atoms with E-state index in [0.717, 1.165) is 50.5 Å². The third kappa shape index (κ3) is 39.6. The normalized spacial score (nSPS) is 12.4. The van der Waals surface area contributed by atoms with Crippen LogP contribution in [-0.2, 0) is 63.7 Å². The molecule has 1 aromatic rings. The lowest BCUT2D eigenvalue weighted by molar-refractivity contribution is -0.144. The SMILES string of the molecule is CN[C@@H](CCCCNC(=O)COCCOCCCC(=O)COCCOCCNC(=O)CC[C@H](CC(=O)CCCCCCCCCCCCCCCCC(=O)O)C(=O)O)C(=O)CN[C@@H](Cc1ccc(O)cc1)C(N)=O. The molecule has 20 nitrogen and oxygen atoms in total. The highest BCUT2D eigenvalue weighted by Gasteiger charge is 2.23. The van der Waals surface area contributed by atoms with E-state index in [1.807, 2.05) is 0 Å². The highest BCUT2D eigenvalue weighted by atomic mass is 16.5. The van der Waals surface area contributed by atoms with Crippen molar-refractivity contribution in [2.45, 2.75) is 173 Å². The highest BCUT2D eigenvalue weighted by molar-refractivity contribution is 5.87. The molecule has 74 heavy (non-hydrogen) atoms. The summed E-state index contributed by atoms with van der Waals surface area (Å²) < 4.78 is 21.7. The lowest BCUT2D eigenvalue weighted by atomic mass is 9.94. The van der Waals surface area contributed by atoms with Gasteiger partial charge in [-0.2, -0.15) is 0 Å². The molecule has 0 aliphatic rings. The zero-order valence-electron chi connectivity index (χ0n) is 44.3. The monoisotopic (exact) mass is 1050 g/mol. The number of phenolic OH excluding ortho intramolecular Hbond substituents is 1. The maximum Gasteiger partial charge on any atom is 0.306 e. The number of aromatic hydroxyl groups is 1. The van der Waals surface area contributed by atoms with Crippen molar-refractivity contribution in [3.8, 4) is 5.75 Å². The van der Waals surface area contributed by atoms with Crippen LogP contribution in [0.1, 0.15) is 160 Å². The zero-order chi connectivity index (χ0) is 54.4. The van der Waals surface area contributed by atoms with Crippen molar-refractivity contribution >= 4 is 47.0 Å². The third-order valence-electron chi connectivity index (χ3n) is 12.4. The Bertz CT molecular complexity index is 1720. The molecule has 0 aliphatic heterocycles. The molecule has 0 spiro atoms. The number of rotatable bonds is 53. The minimum absolute atomic E-state index is 0.00807. The van der Waals surface area contributed by atoms with Gasteiger partial charge >= 0.3 is 11.9 Å². The number of nitrogens with one attached hydrogen (secondary N) is 4. The standard InChI is InChI=1S/C54H91N5O15/c1-56-47(49(63)39-59-48(53(55)68)37-42-23-26-44(60)27-24-42)21-16-17-29-57-51(65)41-74-36-33-71-31-18-20-46(62)40-73-35-34-72-32-30-58-50(64)28-25-43(54(69)70)38-45(61)19-14-12-10-8-6-4-2-3-5-7-9-11-13-15-22-52(66)67/h23-24,26-27,43,47-48,56,59-60H,2-22,25,28-41H2,1H3,(H2,55,68)(H,57,65)(H,58,64)(H,66,67)(H,69,70)/t43-,47+,48+/m1/s1. The largest absolute Gasteiger partial charge is 0.508 e. The summed E-state index contributed by atoms with van der Waals surface area (Å²) >= 11 is 0. The fraction of sp³-hybridized carbons (Fsp3) is 0.741. The van der Waals surface area contributed by atoms with Gasteiger partial charge in [0, 0.05) is 51.8 Å². The van der Waals surface area contributed by atoms with Gasteiger partial charge in [-0.05, 0) is 76.1 Å². The number of carbonyl (C=O) groups excluding carboxylic acids is 6. The Morgan fingerprint density at radius 2 is 1.08 bits per heavy atom. The lowest BCUT2D eigenvalue weighted by Crippen LogP contribution is -2.48. The number of aliphatic carboxylic acids is 2. The van der Waals surface area contributed by atoms with Crippen LogP contribution in [0.4, 0.5) is 0 Å². The summed E-state index contributed by atoms with van der Waals surface area (Å²) in [5.74, 6) is -4.03. The molecule has 0 radical (unpaired) electrons. The highest BCUT2D eigenvalue weighted by Crippen LogP contribution is 2.17. The second-order valence-corrected chi connectivity index (χ2v) is 18.8. The van der Waals surface area contributed by atoms with Gasteiger partial charge in [-0.3, -0.25) is 43.7 Å². The first-order chi connectivity index (χ1) is 35.7. The molecule has 0 aromatic heterocycles. The summed E-state index contributed by atoms with van der Waals surface area (Å²) in [5.41, 5.74) is 6.32. The number of ketones is 3. The van der Waals surface area contributed by atoms with E-state index >= 15 is 0 Å². The number of carbonyl (C=O) groups is 8. The summed E-state index contributed by atoms with van der Waals surface area (Å²) in [6.07, 6.45) is 18.7. The number of amides is 3. The summed E-state index contributed by atoms with van der Waals surface area (Å²) in [5, 5.41) is 39.2. The molecule has 0 unspecified atom stereocenters. The fourth-order valence-corrected chi connectivity index (χ4v) is 8.01. The Morgan fingerprint density at radius 3 is 1.66 bits per heavy atom. The Morgan fingerprint density at radius 1 is 0.541 bits per heavy atom. The lowest BCUT2D eigenvalue weighted by Gasteiger charge is -2.19. The minimum atomic E-state index is -1.08. The first-order valence-corrected chi connectivity index (χ1v) is 27.0. The van der Waals surface area contributed by atoms with Crippen LogP contribution in [0.25, 0.3) is 0 Å². The molecule has 1 rings (SSSR count). The van der Waals surface area contributed by atoms with E-state index in [1.165, 1.54) is 57.1 Å². The van der Waals surface area contributed by atoms with Gasteiger partial charge in [-0.25, -0.2) is 0 Å². The molecule has 9 N–H and O–H groups in total. The summed E-state index contributed by atoms with van der Waals surface area (Å²) in [4.78, 5) is 96.0. The van der Waals surface area contributed by atoms with E-state index in [1.54, 1.807) is 19.2 Å². The van der Waals surface area contributed by atoms with Crippen molar-refractivity contribution in [1.82, 2.24) is 21.3 Å². The number of unbranched alkanes of at least 4 members (excludes halogenated alkanes) is 14. The molecule has 20 heteroatoms. The molecule has 422 valence electrons. The second kappa shape index (κ2) is 45.5. The number of benzene rings is 1. The summed E-state index contributed by atoms with van der Waals surface area (Å²) in [6, 6.07) is 5.24. The van der Waals surface area contributed by atoms with Crippen LogP contribution < -0.4 is 27.0 Å². The number of hydrogen-bond acceptors (Lipinski definition) is 15. The Balaban J connectivity index is 1.95. The van der Waals surface area contributed by atoms with Gasteiger partial charge < -0.3 is 56.0 Å². The molecule has 0 heterocycles. The number of ether oxygens (including phenoxy) is 4. The van der Waals surface area contributed by atoms with Crippen molar-refractivity contribution in [3.63, 3.8) is 0 Å². The number of carboxylic acid groups (broad SMARTS) is 2. The maximum absolute atomic E-state index is 12.8. The number of primary amides is 1. The molecule has 3 atom stereocenters. The molecule has 0 fully saturated rings. The number of likely N-dealkylation sites (N-methyl/N-ethyl adjacent to an activating group) is 1. The molecular weight excluding hydrogens is 959 g/mol. The van der Waals surface area contributed by atoms with Crippen LogP contribution >= 0.6 is 0 Å². The molecule has 3 amide bonds. The van der Waals surface area contributed by atoms with Crippen LogP contribution in [0.3, 0.4) is 0 Å². The van der Waals surface area contributed by atoms with Crippen molar-refractivity contribution in [3.05, 3.63) is 29.8 Å². The maximum atomic E-state index is 12.8. The van der Waals surface area contributed by atoms with Gasteiger partial charge in [0.15, 0.2) is 11.6 Å². The molecule has 1 aromatic carbocycles. The predicted octanol–water partition coefficient (Wildman–Crippen LogP) is 5.12. The number of phenols is 1. The Hall–Kier alpha value is -4.86. The van der Waals surface area contributed by atoms with Gasteiger partial charge in [-0.15, -0.1) is 0 Å². The van der Waals surface area contributed by atoms with Crippen molar-refractivity contribution < 1.29 is 72.6 Å². The van der Waals surface area contributed by atoms with Gasteiger partial charge in [-0.1, -0.05) is 89.2 Å². The van der Waals surface area contributed by atoms with Gasteiger partial charge in [0.25, 0.3) is 0 Å². The summed E-state index contributed by atoms with van der Waals surface area (Å²) in [7, 11) is 1.69. The summed E-state index contributed by atoms with van der Waals surface area (Å²) in [6.45, 7) is 1.85. The van der Waals surface area contributed by atoms with Crippen LogP contribution in [0, 0.1) is 5.92 Å². The smallest absolute Gasteiger partial charge is 0.306 e. The minimum Gasteiger partial charge on any atom is -0.508 e. The van der Waals surface area contributed by atoms with E-state index in [-0.39, 0.29) is 133 Å². The number of hydrogen-bond donors (Lipinski definition) is 8. The molecule has 0 saturated heterocycles. The number of carboxylic acids is 2. The zero-order valence-corrected chi connectivity index (χ0v) is 44.3. The second-order valence-electron chi connectivity index (χ2n) is 18.8. The third-order valence-corrected chi connectivity index (χ3v) is 12.4. The first kappa shape index (κ1) is 67.2. The van der Waals surface area contributed by atoms with Gasteiger partial charge in [0.05, 0.1) is 57.6 Å². The van der Waals surface area contributed by atoms with E-state index < -0.39 is 35.8 Å². The van der Waals surface area contributed by atoms with E-state index in [2.05, 4.69) is 21.3 Å². The average molecular weight is 1050 g/mol.